The van der Waals surface area contributed by atoms with E-state index >= 15 is 0 Å². The van der Waals surface area contributed by atoms with Crippen LogP contribution in [-0.2, 0) is 0 Å². The van der Waals surface area contributed by atoms with Gasteiger partial charge in [-0.25, -0.2) is 4.79 Å². The van der Waals surface area contributed by atoms with Gasteiger partial charge in [-0.2, -0.15) is 0 Å². The van der Waals surface area contributed by atoms with Crippen LogP contribution in [0.25, 0.3) is 10.4 Å². The van der Waals surface area contributed by atoms with Gasteiger partial charge in [0.2, 0.25) is 0 Å². The highest BCUT2D eigenvalue weighted by atomic mass is 16.4. The van der Waals surface area contributed by atoms with E-state index in [0.29, 0.717) is 24.9 Å². The Hall–Kier alpha value is -1.42. The van der Waals surface area contributed by atoms with Crippen molar-refractivity contribution in [2.75, 3.05) is 13.1 Å². The molecule has 0 spiro atoms. The van der Waals surface area contributed by atoms with Gasteiger partial charge in [-0.1, -0.05) is 25.9 Å². The van der Waals surface area contributed by atoms with Crippen LogP contribution < -0.4 is 0 Å². The highest BCUT2D eigenvalue weighted by Crippen LogP contribution is 2.38. The Bertz CT molecular complexity index is 422. The fraction of sp³-hybridized carbons (Fsp3) is 0.933. The lowest BCUT2D eigenvalue weighted by atomic mass is 9.79. The number of likely N-dealkylation sites (tertiary alicyclic amines) is 1. The van der Waals surface area contributed by atoms with Gasteiger partial charge in [0, 0.05) is 23.5 Å². The minimum atomic E-state index is -0.843. The number of rotatable bonds is 5. The third-order valence-corrected chi connectivity index (χ3v) is 4.16. The molecule has 0 radical (unpaired) electrons. The van der Waals surface area contributed by atoms with Crippen molar-refractivity contribution in [2.24, 2.45) is 22.4 Å². The molecule has 1 saturated heterocycles. The van der Waals surface area contributed by atoms with Crippen LogP contribution in [0.5, 0.6) is 0 Å². The normalized spacial score (nSPS) is 22.7. The molecule has 0 aromatic carbocycles. The Labute approximate surface area is 127 Å². The summed E-state index contributed by atoms with van der Waals surface area (Å²) >= 11 is 0. The second-order valence-corrected chi connectivity index (χ2v) is 8.06. The average molecular weight is 296 g/mol. The molecule has 0 aromatic rings. The largest absolute Gasteiger partial charge is 0.465 e. The maximum Gasteiger partial charge on any atom is 0.407 e. The third-order valence-electron chi connectivity index (χ3n) is 4.16. The Balaban J connectivity index is 2.71. The lowest BCUT2D eigenvalue weighted by molar-refractivity contribution is 0.116. The van der Waals surface area contributed by atoms with Crippen molar-refractivity contribution >= 4 is 6.09 Å². The smallest absolute Gasteiger partial charge is 0.407 e. The minimum absolute atomic E-state index is 0.177. The van der Waals surface area contributed by atoms with Gasteiger partial charge in [0.15, 0.2) is 0 Å². The van der Waals surface area contributed by atoms with Gasteiger partial charge in [0.05, 0.1) is 0 Å². The van der Waals surface area contributed by atoms with Crippen molar-refractivity contribution in [2.45, 2.75) is 59.4 Å². The number of carboxylic acid groups (broad SMARTS) is 1. The van der Waals surface area contributed by atoms with Crippen molar-refractivity contribution in [1.29, 1.82) is 0 Å². The Morgan fingerprint density at radius 2 is 2.14 bits per heavy atom. The topological polar surface area (TPSA) is 89.3 Å². The molecule has 1 amide bonds. The maximum atomic E-state index is 11.3. The summed E-state index contributed by atoms with van der Waals surface area (Å²) in [6.45, 7) is 11.6. The lowest BCUT2D eigenvalue weighted by Crippen LogP contribution is -2.41. The van der Waals surface area contributed by atoms with Crippen molar-refractivity contribution in [3.63, 3.8) is 0 Å². The number of hydrogen-bond acceptors (Lipinski definition) is 2. The van der Waals surface area contributed by atoms with Gasteiger partial charge in [0.25, 0.3) is 0 Å². The first kappa shape index (κ1) is 17.6. The van der Waals surface area contributed by atoms with Gasteiger partial charge >= 0.3 is 6.09 Å². The van der Waals surface area contributed by atoms with Crippen LogP contribution in [0.1, 0.15) is 53.9 Å². The lowest BCUT2D eigenvalue weighted by Gasteiger charge is -2.28. The summed E-state index contributed by atoms with van der Waals surface area (Å²) in [4.78, 5) is 15.7. The van der Waals surface area contributed by atoms with Gasteiger partial charge < -0.3 is 10.0 Å². The van der Waals surface area contributed by atoms with Gasteiger partial charge in [-0.05, 0) is 55.9 Å². The first-order chi connectivity index (χ1) is 9.55. The summed E-state index contributed by atoms with van der Waals surface area (Å²) < 4.78 is 0. The Kier molecular flexibility index (Phi) is 5.51. The molecule has 1 aliphatic rings. The number of azide groups is 1. The highest BCUT2D eigenvalue weighted by Gasteiger charge is 2.41. The zero-order valence-electron chi connectivity index (χ0n) is 13.8. The summed E-state index contributed by atoms with van der Waals surface area (Å²) in [5.74, 6) is 0.660. The molecule has 1 rings (SSSR count). The van der Waals surface area contributed by atoms with Gasteiger partial charge in [-0.3, -0.25) is 0 Å². The number of hydrogen-bond donors (Lipinski definition) is 1. The molecule has 0 aromatic heterocycles. The van der Waals surface area contributed by atoms with Crippen LogP contribution in [0, 0.1) is 17.3 Å². The Morgan fingerprint density at radius 3 is 2.57 bits per heavy atom. The number of carbonyl (C=O) groups is 1. The molecule has 6 nitrogen and oxygen atoms in total. The van der Waals surface area contributed by atoms with Gasteiger partial charge in [-0.15, -0.1) is 0 Å². The molecule has 2 atom stereocenters. The molecule has 6 heteroatoms. The minimum Gasteiger partial charge on any atom is -0.465 e. The summed E-state index contributed by atoms with van der Waals surface area (Å²) in [6.07, 6.45) is 1.93. The van der Waals surface area contributed by atoms with Gasteiger partial charge in [0.1, 0.15) is 0 Å². The van der Waals surface area contributed by atoms with Crippen LogP contribution in [0.15, 0.2) is 5.11 Å². The molecule has 21 heavy (non-hydrogen) atoms. The van der Waals surface area contributed by atoms with Crippen LogP contribution in [0.2, 0.25) is 0 Å². The fourth-order valence-corrected chi connectivity index (χ4v) is 3.59. The van der Waals surface area contributed by atoms with E-state index in [1.165, 1.54) is 0 Å². The van der Waals surface area contributed by atoms with E-state index in [-0.39, 0.29) is 11.0 Å². The highest BCUT2D eigenvalue weighted by molar-refractivity contribution is 5.66. The molecule has 1 unspecified atom stereocenters. The second kappa shape index (κ2) is 6.56. The molecule has 0 saturated carbocycles. The van der Waals surface area contributed by atoms with Crippen molar-refractivity contribution < 1.29 is 9.90 Å². The van der Waals surface area contributed by atoms with Crippen molar-refractivity contribution in [3.8, 4) is 0 Å². The van der Waals surface area contributed by atoms with E-state index in [9.17, 15) is 9.90 Å². The zero-order valence-corrected chi connectivity index (χ0v) is 13.8. The fourth-order valence-electron chi connectivity index (χ4n) is 3.59. The standard InChI is InChI=1S/C15H28N4O2/c1-14(2,3)7-11(9-17-18-16)6-12-8-15(4,5)19(10-12)13(20)21/h11-12H,6-10H2,1-5H3,(H,20,21)/t11?,12-/m0/s1. The first-order valence-electron chi connectivity index (χ1n) is 7.56. The summed E-state index contributed by atoms with van der Waals surface area (Å²) in [5.41, 5.74) is 8.42. The molecule has 120 valence electrons. The van der Waals surface area contributed by atoms with E-state index in [1.807, 2.05) is 13.8 Å². The third kappa shape index (κ3) is 5.46. The molecule has 1 aliphatic heterocycles. The number of amides is 1. The van der Waals surface area contributed by atoms with Crippen LogP contribution in [-0.4, -0.2) is 34.7 Å². The molecular weight excluding hydrogens is 268 g/mol. The SMILES string of the molecule is CC(C)(C)CC(CN=[N+]=[N-])C[C@@H]1CN(C(=O)O)C(C)(C)C1. The van der Waals surface area contributed by atoms with Crippen molar-refractivity contribution in [1.82, 2.24) is 4.90 Å². The quantitative estimate of drug-likeness (QED) is 0.459. The van der Waals surface area contributed by atoms with Crippen LogP contribution in [0.4, 0.5) is 4.79 Å². The van der Waals surface area contributed by atoms with E-state index < -0.39 is 6.09 Å². The predicted octanol–water partition coefficient (Wildman–Crippen LogP) is 4.52. The Morgan fingerprint density at radius 1 is 1.52 bits per heavy atom. The molecule has 1 N–H and O–H groups in total. The predicted molar refractivity (Wildman–Crippen MR) is 83.1 cm³/mol. The number of nitrogens with zero attached hydrogens (tertiary/aromatic N) is 4. The maximum absolute atomic E-state index is 11.3. The molecule has 1 heterocycles. The van der Waals surface area contributed by atoms with E-state index in [4.69, 9.17) is 5.53 Å². The monoisotopic (exact) mass is 296 g/mol. The van der Waals surface area contributed by atoms with Crippen LogP contribution >= 0.6 is 0 Å². The summed E-state index contributed by atoms with van der Waals surface area (Å²) in [5, 5.41) is 13.0. The van der Waals surface area contributed by atoms with Crippen molar-refractivity contribution in [3.05, 3.63) is 10.4 Å². The zero-order chi connectivity index (χ0) is 16.3. The molecule has 0 bridgehead atoms. The summed E-state index contributed by atoms with van der Waals surface area (Å²) in [6, 6.07) is 0. The van der Waals surface area contributed by atoms with E-state index in [1.54, 1.807) is 4.90 Å². The first-order valence-corrected chi connectivity index (χ1v) is 7.56. The molecule has 0 aliphatic carbocycles. The van der Waals surface area contributed by atoms with E-state index in [2.05, 4.69) is 30.8 Å². The molecular formula is C15H28N4O2. The summed E-state index contributed by atoms with van der Waals surface area (Å²) in [7, 11) is 0. The second-order valence-electron chi connectivity index (χ2n) is 8.06. The van der Waals surface area contributed by atoms with E-state index in [0.717, 1.165) is 19.3 Å². The van der Waals surface area contributed by atoms with Crippen LogP contribution in [0.3, 0.4) is 0 Å². The average Bonchev–Trinajstić information content (AvgIpc) is 2.59. The molecule has 1 fully saturated rings.